The summed E-state index contributed by atoms with van der Waals surface area (Å²) in [6, 6.07) is 0. The Labute approximate surface area is 80.5 Å². The number of Topliss-reactive ketones (excluding diaryl/α,β-unsaturated/α-hetero) is 1. The van der Waals surface area contributed by atoms with Crippen molar-refractivity contribution in [1.82, 2.24) is 4.98 Å². The zero-order valence-electron chi connectivity index (χ0n) is 7.27. The first kappa shape index (κ1) is 10.3. The maximum absolute atomic E-state index is 11.3. The minimum atomic E-state index is -3.26. The minimum Gasteiger partial charge on any atom is -0.293 e. The Balaban J connectivity index is 3.13. The van der Waals surface area contributed by atoms with Gasteiger partial charge in [-0.3, -0.25) is 4.79 Å². The smallest absolute Gasteiger partial charge is 0.209 e. The largest absolute Gasteiger partial charge is 0.293 e. The molecule has 0 saturated heterocycles. The van der Waals surface area contributed by atoms with E-state index in [0.717, 1.165) is 11.3 Å². The normalized spacial score (nSPS) is 11.5. The standard InChI is InChI=1S/C7H9NO3S2/c1-3-13(10,11)7-8-6(4-12-7)5(2)9/h4H,3H2,1-2H3. The second-order valence-electron chi connectivity index (χ2n) is 2.46. The molecule has 6 heteroatoms. The first-order valence-corrected chi connectivity index (χ1v) is 6.19. The lowest BCUT2D eigenvalue weighted by Gasteiger charge is -1.92. The molecule has 4 nitrogen and oxygen atoms in total. The Hall–Kier alpha value is -0.750. The number of sulfone groups is 1. The van der Waals surface area contributed by atoms with Gasteiger partial charge in [0.1, 0.15) is 5.69 Å². The van der Waals surface area contributed by atoms with Gasteiger partial charge >= 0.3 is 0 Å². The van der Waals surface area contributed by atoms with E-state index in [1.807, 2.05) is 0 Å². The van der Waals surface area contributed by atoms with Crippen LogP contribution in [0.25, 0.3) is 0 Å². The van der Waals surface area contributed by atoms with E-state index in [9.17, 15) is 13.2 Å². The average Bonchev–Trinajstić information content (AvgIpc) is 2.52. The highest BCUT2D eigenvalue weighted by Crippen LogP contribution is 2.17. The highest BCUT2D eigenvalue weighted by Gasteiger charge is 2.17. The molecule has 1 aromatic heterocycles. The maximum Gasteiger partial charge on any atom is 0.209 e. The van der Waals surface area contributed by atoms with E-state index >= 15 is 0 Å². The zero-order valence-corrected chi connectivity index (χ0v) is 8.91. The molecule has 0 atom stereocenters. The molecular formula is C7H9NO3S2. The third-order valence-corrected chi connectivity index (χ3v) is 4.56. The molecule has 0 unspecified atom stereocenters. The van der Waals surface area contributed by atoms with Crippen LogP contribution in [-0.4, -0.2) is 24.9 Å². The highest BCUT2D eigenvalue weighted by atomic mass is 32.2. The summed E-state index contributed by atoms with van der Waals surface area (Å²) in [5.74, 6) is -0.202. The van der Waals surface area contributed by atoms with E-state index in [1.165, 1.54) is 12.3 Å². The molecule has 0 aliphatic carbocycles. The average molecular weight is 219 g/mol. The predicted octanol–water partition coefficient (Wildman–Crippen LogP) is 1.14. The number of thiazole rings is 1. The monoisotopic (exact) mass is 219 g/mol. The van der Waals surface area contributed by atoms with Crippen molar-refractivity contribution >= 4 is 27.0 Å². The number of ketones is 1. The summed E-state index contributed by atoms with van der Waals surface area (Å²) in [6.45, 7) is 2.90. The van der Waals surface area contributed by atoms with Crippen LogP contribution >= 0.6 is 11.3 Å². The van der Waals surface area contributed by atoms with Crippen molar-refractivity contribution in [3.8, 4) is 0 Å². The summed E-state index contributed by atoms with van der Waals surface area (Å²) in [4.78, 5) is 14.6. The van der Waals surface area contributed by atoms with Crippen molar-refractivity contribution in [2.75, 3.05) is 5.75 Å². The molecule has 0 spiro atoms. The fourth-order valence-corrected chi connectivity index (χ4v) is 2.84. The lowest BCUT2D eigenvalue weighted by atomic mass is 10.4. The number of carbonyl (C=O) groups excluding carboxylic acids is 1. The van der Waals surface area contributed by atoms with Crippen LogP contribution in [0.4, 0.5) is 0 Å². The van der Waals surface area contributed by atoms with Crippen LogP contribution in [0, 0.1) is 0 Å². The van der Waals surface area contributed by atoms with Gasteiger partial charge < -0.3 is 0 Å². The first-order valence-electron chi connectivity index (χ1n) is 3.66. The van der Waals surface area contributed by atoms with E-state index in [4.69, 9.17) is 0 Å². The van der Waals surface area contributed by atoms with E-state index in [-0.39, 0.29) is 21.6 Å². The molecular weight excluding hydrogens is 210 g/mol. The first-order chi connectivity index (χ1) is 5.97. The van der Waals surface area contributed by atoms with Gasteiger partial charge in [-0.2, -0.15) is 0 Å². The summed E-state index contributed by atoms with van der Waals surface area (Å²) in [7, 11) is -3.26. The summed E-state index contributed by atoms with van der Waals surface area (Å²) in [5, 5.41) is 1.46. The lowest BCUT2D eigenvalue weighted by molar-refractivity contribution is 0.101. The van der Waals surface area contributed by atoms with Crippen molar-refractivity contribution in [3.63, 3.8) is 0 Å². The summed E-state index contributed by atoms with van der Waals surface area (Å²) in [6.07, 6.45) is 0. The van der Waals surface area contributed by atoms with E-state index in [0.29, 0.717) is 0 Å². The lowest BCUT2D eigenvalue weighted by Crippen LogP contribution is -2.03. The molecule has 0 aliphatic heterocycles. The second kappa shape index (κ2) is 3.55. The Morgan fingerprint density at radius 2 is 2.23 bits per heavy atom. The summed E-state index contributed by atoms with van der Waals surface area (Å²) >= 11 is 0.989. The van der Waals surface area contributed by atoms with Crippen LogP contribution in [0.5, 0.6) is 0 Å². The molecule has 0 bridgehead atoms. The van der Waals surface area contributed by atoms with Crippen LogP contribution in [0.3, 0.4) is 0 Å². The molecule has 0 saturated carbocycles. The van der Waals surface area contributed by atoms with Crippen LogP contribution in [-0.2, 0) is 9.84 Å². The number of hydrogen-bond donors (Lipinski definition) is 0. The summed E-state index contributed by atoms with van der Waals surface area (Å²) < 4.78 is 22.6. The zero-order chi connectivity index (χ0) is 10.1. The summed E-state index contributed by atoms with van der Waals surface area (Å²) in [5.41, 5.74) is 0.219. The fraction of sp³-hybridized carbons (Fsp3) is 0.429. The van der Waals surface area contributed by atoms with Gasteiger partial charge in [0.15, 0.2) is 5.78 Å². The molecule has 0 radical (unpaired) electrons. The molecule has 1 rings (SSSR count). The molecule has 0 aliphatic rings. The van der Waals surface area contributed by atoms with Gasteiger partial charge in [-0.05, 0) is 0 Å². The van der Waals surface area contributed by atoms with Crippen molar-refractivity contribution < 1.29 is 13.2 Å². The van der Waals surface area contributed by atoms with Gasteiger partial charge in [-0.15, -0.1) is 11.3 Å². The molecule has 1 heterocycles. The molecule has 0 N–H and O–H groups in total. The Morgan fingerprint density at radius 1 is 1.62 bits per heavy atom. The third-order valence-electron chi connectivity index (χ3n) is 1.49. The number of aromatic nitrogens is 1. The van der Waals surface area contributed by atoms with Gasteiger partial charge in [0.25, 0.3) is 0 Å². The Morgan fingerprint density at radius 3 is 2.62 bits per heavy atom. The van der Waals surface area contributed by atoms with Gasteiger partial charge in [0, 0.05) is 12.3 Å². The third kappa shape index (κ3) is 2.13. The number of rotatable bonds is 3. The van der Waals surface area contributed by atoms with Crippen LogP contribution in [0.15, 0.2) is 9.72 Å². The number of carbonyl (C=O) groups is 1. The highest BCUT2D eigenvalue weighted by molar-refractivity contribution is 7.93. The molecule has 13 heavy (non-hydrogen) atoms. The SMILES string of the molecule is CCS(=O)(=O)c1nc(C(C)=O)cs1. The van der Waals surface area contributed by atoms with Crippen molar-refractivity contribution in [2.24, 2.45) is 0 Å². The van der Waals surface area contributed by atoms with Gasteiger partial charge in [0.05, 0.1) is 5.75 Å². The molecule has 0 aromatic carbocycles. The Kier molecular flexibility index (Phi) is 2.82. The number of nitrogens with zero attached hydrogens (tertiary/aromatic N) is 1. The van der Waals surface area contributed by atoms with Crippen molar-refractivity contribution in [3.05, 3.63) is 11.1 Å². The molecule has 0 fully saturated rings. The molecule has 0 amide bonds. The minimum absolute atomic E-state index is 0.0118. The quantitative estimate of drug-likeness (QED) is 0.715. The van der Waals surface area contributed by atoms with E-state index in [2.05, 4.69) is 4.98 Å². The fourth-order valence-electron chi connectivity index (χ4n) is 0.685. The van der Waals surface area contributed by atoms with Crippen LogP contribution < -0.4 is 0 Å². The second-order valence-corrected chi connectivity index (χ2v) is 5.77. The van der Waals surface area contributed by atoms with Gasteiger partial charge in [0.2, 0.25) is 14.2 Å². The molecule has 72 valence electrons. The van der Waals surface area contributed by atoms with Gasteiger partial charge in [-0.1, -0.05) is 6.92 Å². The maximum atomic E-state index is 11.3. The van der Waals surface area contributed by atoms with E-state index < -0.39 is 9.84 Å². The molecule has 1 aromatic rings. The van der Waals surface area contributed by atoms with Crippen LogP contribution in [0.2, 0.25) is 0 Å². The van der Waals surface area contributed by atoms with Crippen molar-refractivity contribution in [2.45, 2.75) is 18.2 Å². The van der Waals surface area contributed by atoms with Gasteiger partial charge in [-0.25, -0.2) is 13.4 Å². The Bertz CT molecular complexity index is 419. The van der Waals surface area contributed by atoms with Crippen LogP contribution in [0.1, 0.15) is 24.3 Å². The van der Waals surface area contributed by atoms with Crippen molar-refractivity contribution in [1.29, 1.82) is 0 Å². The predicted molar refractivity (Wildman–Crippen MR) is 49.8 cm³/mol. The number of hydrogen-bond acceptors (Lipinski definition) is 5. The topological polar surface area (TPSA) is 64.1 Å². The van der Waals surface area contributed by atoms with E-state index in [1.54, 1.807) is 6.92 Å².